The van der Waals surface area contributed by atoms with Gasteiger partial charge in [0.25, 0.3) is 0 Å². The van der Waals surface area contributed by atoms with Crippen molar-refractivity contribution in [3.05, 3.63) is 0 Å². The molecule has 0 aliphatic rings. The summed E-state index contributed by atoms with van der Waals surface area (Å²) >= 11 is 0. The Bertz CT molecular complexity index is 617. The summed E-state index contributed by atoms with van der Waals surface area (Å²) in [6.45, 7) is 4.94. The third-order valence-corrected chi connectivity index (χ3v) is 3.58. The standard InChI is InChI=1S/C18H31N3O9/c1-18(2,3)30-17(29)19-8-4-5-9-21(11-15(25)26)10-13(22)20-12(16(27)28)6-7-14(23)24/h12H,4-11H2,1-3H3,(H,19,29)(H,20,22)(H,23,24)(H,25,26)(H,27,28). The zero-order chi connectivity index (χ0) is 23.3. The van der Waals surface area contributed by atoms with Crippen LogP contribution in [0.1, 0.15) is 46.5 Å². The van der Waals surface area contributed by atoms with Gasteiger partial charge in [0.1, 0.15) is 11.6 Å². The molecular weight excluding hydrogens is 402 g/mol. The van der Waals surface area contributed by atoms with E-state index >= 15 is 0 Å². The van der Waals surface area contributed by atoms with E-state index in [0.717, 1.165) is 0 Å². The van der Waals surface area contributed by atoms with Crippen LogP contribution in [0.4, 0.5) is 4.79 Å². The van der Waals surface area contributed by atoms with Crippen molar-refractivity contribution in [3.8, 4) is 0 Å². The quantitative estimate of drug-likeness (QED) is 0.236. The van der Waals surface area contributed by atoms with Crippen LogP contribution in [0.2, 0.25) is 0 Å². The molecular formula is C18H31N3O9. The lowest BCUT2D eigenvalue weighted by atomic mass is 10.1. The molecule has 172 valence electrons. The van der Waals surface area contributed by atoms with E-state index in [-0.39, 0.29) is 19.5 Å². The molecule has 0 aromatic carbocycles. The Morgan fingerprint density at radius 3 is 2.10 bits per heavy atom. The highest BCUT2D eigenvalue weighted by Gasteiger charge is 2.22. The van der Waals surface area contributed by atoms with E-state index in [1.165, 1.54) is 4.90 Å². The molecule has 12 heteroatoms. The first-order valence-corrected chi connectivity index (χ1v) is 9.45. The molecule has 0 rings (SSSR count). The number of hydrogen-bond acceptors (Lipinski definition) is 7. The molecule has 0 saturated carbocycles. The fraction of sp³-hybridized carbons (Fsp3) is 0.722. The number of carboxylic acid groups (broad SMARTS) is 3. The first kappa shape index (κ1) is 27.1. The summed E-state index contributed by atoms with van der Waals surface area (Å²) in [4.78, 5) is 57.7. The van der Waals surface area contributed by atoms with Crippen molar-refractivity contribution in [2.45, 2.75) is 58.1 Å². The molecule has 0 aliphatic heterocycles. The van der Waals surface area contributed by atoms with Crippen LogP contribution >= 0.6 is 0 Å². The first-order chi connectivity index (χ1) is 13.8. The monoisotopic (exact) mass is 433 g/mol. The maximum atomic E-state index is 12.1. The molecule has 5 N–H and O–H groups in total. The molecule has 0 spiro atoms. The van der Waals surface area contributed by atoms with E-state index < -0.39 is 54.5 Å². The van der Waals surface area contributed by atoms with Gasteiger partial charge in [-0.1, -0.05) is 0 Å². The molecule has 0 aromatic heterocycles. The minimum atomic E-state index is -1.38. The third kappa shape index (κ3) is 15.1. The predicted octanol–water partition coefficient (Wildman–Crippen LogP) is 0.112. The topological polar surface area (TPSA) is 183 Å². The van der Waals surface area contributed by atoms with Gasteiger partial charge in [-0.15, -0.1) is 0 Å². The number of carbonyl (C=O) groups is 5. The molecule has 0 fully saturated rings. The smallest absolute Gasteiger partial charge is 0.407 e. The highest BCUT2D eigenvalue weighted by atomic mass is 16.6. The van der Waals surface area contributed by atoms with Gasteiger partial charge in [-0.25, -0.2) is 9.59 Å². The van der Waals surface area contributed by atoms with Crippen LogP contribution in [-0.2, 0) is 23.9 Å². The Morgan fingerprint density at radius 1 is 0.967 bits per heavy atom. The van der Waals surface area contributed by atoms with Gasteiger partial charge in [-0.3, -0.25) is 19.3 Å². The van der Waals surface area contributed by atoms with Gasteiger partial charge in [0.05, 0.1) is 13.1 Å². The van der Waals surface area contributed by atoms with Gasteiger partial charge < -0.3 is 30.7 Å². The van der Waals surface area contributed by atoms with Gasteiger partial charge >= 0.3 is 24.0 Å². The van der Waals surface area contributed by atoms with E-state index in [4.69, 9.17) is 20.1 Å². The van der Waals surface area contributed by atoms with Gasteiger partial charge in [-0.05, 0) is 46.6 Å². The SMILES string of the molecule is CC(C)(C)OC(=O)NCCCCN(CC(=O)O)CC(=O)NC(CCC(=O)O)C(=O)O. The van der Waals surface area contributed by atoms with Crippen LogP contribution in [0.3, 0.4) is 0 Å². The van der Waals surface area contributed by atoms with Crippen molar-refractivity contribution in [2.75, 3.05) is 26.2 Å². The number of unbranched alkanes of at least 4 members (excludes halogenated alkanes) is 1. The van der Waals surface area contributed by atoms with E-state index in [9.17, 15) is 24.0 Å². The lowest BCUT2D eigenvalue weighted by Crippen LogP contribution is -2.47. The molecule has 0 saturated heterocycles. The Balaban J connectivity index is 4.48. The Labute approximate surface area is 174 Å². The molecule has 0 bridgehead atoms. The summed E-state index contributed by atoms with van der Waals surface area (Å²) in [6, 6.07) is -1.38. The Morgan fingerprint density at radius 2 is 1.60 bits per heavy atom. The maximum absolute atomic E-state index is 12.1. The van der Waals surface area contributed by atoms with Crippen molar-refractivity contribution < 1.29 is 44.0 Å². The van der Waals surface area contributed by atoms with Crippen molar-refractivity contribution >= 4 is 29.9 Å². The number of alkyl carbamates (subject to hydrolysis) is 1. The molecule has 30 heavy (non-hydrogen) atoms. The van der Waals surface area contributed by atoms with E-state index in [2.05, 4.69) is 10.6 Å². The summed E-state index contributed by atoms with van der Waals surface area (Å²) in [5, 5.41) is 31.5. The lowest BCUT2D eigenvalue weighted by molar-refractivity contribution is -0.144. The fourth-order valence-electron chi connectivity index (χ4n) is 2.34. The summed E-state index contributed by atoms with van der Waals surface area (Å²) < 4.78 is 5.09. The number of hydrogen-bond donors (Lipinski definition) is 5. The molecule has 0 radical (unpaired) electrons. The van der Waals surface area contributed by atoms with Crippen molar-refractivity contribution in [1.82, 2.24) is 15.5 Å². The number of nitrogens with zero attached hydrogens (tertiary/aromatic N) is 1. The average molecular weight is 433 g/mol. The normalized spacial score (nSPS) is 12.1. The highest BCUT2D eigenvalue weighted by Crippen LogP contribution is 2.06. The number of amides is 2. The molecule has 2 amide bonds. The molecule has 0 heterocycles. The highest BCUT2D eigenvalue weighted by molar-refractivity contribution is 5.85. The second-order valence-corrected chi connectivity index (χ2v) is 7.63. The van der Waals surface area contributed by atoms with Crippen molar-refractivity contribution in [2.24, 2.45) is 0 Å². The second kappa shape index (κ2) is 13.4. The summed E-state index contributed by atoms with van der Waals surface area (Å²) in [5.74, 6) is -4.44. The summed E-state index contributed by atoms with van der Waals surface area (Å²) in [7, 11) is 0. The van der Waals surface area contributed by atoms with Gasteiger partial charge in [0.15, 0.2) is 0 Å². The number of nitrogens with one attached hydrogen (secondary N) is 2. The van der Waals surface area contributed by atoms with Crippen molar-refractivity contribution in [3.63, 3.8) is 0 Å². The fourth-order valence-corrected chi connectivity index (χ4v) is 2.34. The van der Waals surface area contributed by atoms with Crippen LogP contribution in [-0.4, -0.2) is 87.9 Å². The number of rotatable bonds is 14. The number of carbonyl (C=O) groups excluding carboxylic acids is 2. The van der Waals surface area contributed by atoms with E-state index in [0.29, 0.717) is 19.4 Å². The molecule has 12 nitrogen and oxygen atoms in total. The zero-order valence-corrected chi connectivity index (χ0v) is 17.5. The predicted molar refractivity (Wildman–Crippen MR) is 104 cm³/mol. The van der Waals surface area contributed by atoms with Gasteiger partial charge in [0.2, 0.25) is 5.91 Å². The van der Waals surface area contributed by atoms with Crippen LogP contribution in [0.5, 0.6) is 0 Å². The van der Waals surface area contributed by atoms with Crippen LogP contribution in [0, 0.1) is 0 Å². The number of ether oxygens (including phenoxy) is 1. The summed E-state index contributed by atoms with van der Waals surface area (Å²) in [5.41, 5.74) is -0.617. The second-order valence-electron chi connectivity index (χ2n) is 7.63. The molecule has 1 atom stereocenters. The maximum Gasteiger partial charge on any atom is 0.407 e. The average Bonchev–Trinajstić information content (AvgIpc) is 2.55. The first-order valence-electron chi connectivity index (χ1n) is 9.45. The van der Waals surface area contributed by atoms with E-state index in [1.54, 1.807) is 20.8 Å². The van der Waals surface area contributed by atoms with Crippen LogP contribution in [0.25, 0.3) is 0 Å². The summed E-state index contributed by atoms with van der Waals surface area (Å²) in [6.07, 6.45) is -0.303. The van der Waals surface area contributed by atoms with Gasteiger partial charge in [0, 0.05) is 13.0 Å². The minimum Gasteiger partial charge on any atom is -0.481 e. The molecule has 1 unspecified atom stereocenters. The number of aliphatic carboxylic acids is 3. The lowest BCUT2D eigenvalue weighted by Gasteiger charge is -2.22. The minimum absolute atomic E-state index is 0.225. The number of carboxylic acids is 3. The van der Waals surface area contributed by atoms with E-state index in [1.807, 2.05) is 0 Å². The van der Waals surface area contributed by atoms with Crippen molar-refractivity contribution in [1.29, 1.82) is 0 Å². The third-order valence-electron chi connectivity index (χ3n) is 3.58. The van der Waals surface area contributed by atoms with Crippen LogP contribution < -0.4 is 10.6 Å². The molecule has 0 aliphatic carbocycles. The van der Waals surface area contributed by atoms with Gasteiger partial charge in [-0.2, -0.15) is 0 Å². The zero-order valence-electron chi connectivity index (χ0n) is 17.5. The Kier molecular flexibility index (Phi) is 12.1. The Hall–Kier alpha value is -2.89. The molecule has 0 aromatic rings. The van der Waals surface area contributed by atoms with Crippen LogP contribution in [0.15, 0.2) is 0 Å². The largest absolute Gasteiger partial charge is 0.481 e.